The largest absolute Gasteiger partial charge is 0.480 e. The van der Waals surface area contributed by atoms with Crippen LogP contribution >= 0.6 is 0 Å². The zero-order valence-electron chi connectivity index (χ0n) is 66.3. The van der Waals surface area contributed by atoms with Gasteiger partial charge in [0, 0.05) is 45.3 Å². The molecule has 8 N–H and O–H groups in total. The summed E-state index contributed by atoms with van der Waals surface area (Å²) in [7, 11) is -7.21. The van der Waals surface area contributed by atoms with Crippen molar-refractivity contribution >= 4 is 67.0 Å². The van der Waals surface area contributed by atoms with Crippen molar-refractivity contribution in [1.82, 2.24) is 28.2 Å². The molecular weight excluding hydrogens is 1400 g/mol. The molecule has 586 valence electrons. The molecule has 0 aliphatic carbocycles. The van der Waals surface area contributed by atoms with Gasteiger partial charge in [-0.2, -0.15) is 0 Å². The zero-order valence-corrected chi connectivity index (χ0v) is 67.9. The van der Waals surface area contributed by atoms with Gasteiger partial charge in [-0.05, 0) is 268 Å². The SMILES string of the molecule is C.Cc1[nH]c(=O)c(C(=O)O)c(C)c1C.Cc1[nH]c(=O)c(C)c(C)c1C.Cc1c(C)c(C)n(CC(=O)O)c(=O)c1NS(C)(=O)=O.Cc1c(C)c(C)n(CC(=O)OC(C)(C)C)c(=O)c1C.Cc1c(C)c(C)n(CC(=O)OC(C)(C)C)c(=O)c1N.Cc1c(C)c(C)n(CC(=O)OC(C)(C)C)c(=O)c1NS(C)(=O)=O. The van der Waals surface area contributed by atoms with Crippen LogP contribution < -0.4 is 48.5 Å². The van der Waals surface area contributed by atoms with E-state index in [4.69, 9.17) is 30.2 Å². The summed E-state index contributed by atoms with van der Waals surface area (Å²) >= 11 is 0. The minimum atomic E-state index is -3.61. The summed E-state index contributed by atoms with van der Waals surface area (Å²) < 4.78 is 70.7. The molecule has 0 unspecified atom stereocenters. The molecule has 0 fully saturated rings. The highest BCUT2D eigenvalue weighted by atomic mass is 32.2. The molecule has 0 atom stereocenters. The molecule has 31 heteroatoms. The number of aromatic carboxylic acids is 1. The molecule has 105 heavy (non-hydrogen) atoms. The molecular formula is C74H113N9O20S2. The highest BCUT2D eigenvalue weighted by Gasteiger charge is 2.25. The lowest BCUT2D eigenvalue weighted by atomic mass is 10.0. The fourth-order valence-corrected chi connectivity index (χ4v) is 11.2. The van der Waals surface area contributed by atoms with Gasteiger partial charge in [-0.1, -0.05) is 7.43 Å². The van der Waals surface area contributed by atoms with Gasteiger partial charge in [-0.15, -0.1) is 0 Å². The maximum Gasteiger partial charge on any atom is 0.341 e. The van der Waals surface area contributed by atoms with Crippen molar-refractivity contribution in [3.8, 4) is 0 Å². The molecule has 0 aromatic carbocycles. The van der Waals surface area contributed by atoms with E-state index in [1.165, 1.54) is 19.3 Å². The van der Waals surface area contributed by atoms with Crippen LogP contribution in [0.1, 0.15) is 192 Å². The Morgan fingerprint density at radius 1 is 0.381 bits per heavy atom. The van der Waals surface area contributed by atoms with Crippen molar-refractivity contribution in [1.29, 1.82) is 0 Å². The third-order valence-corrected chi connectivity index (χ3v) is 18.4. The quantitative estimate of drug-likeness (QED) is 0.0418. The van der Waals surface area contributed by atoms with Crippen LogP contribution in [0.2, 0.25) is 0 Å². The molecule has 6 rings (SSSR count). The first-order chi connectivity index (χ1) is 46.8. The Hall–Kier alpha value is -9.65. The number of carboxylic acids is 2. The highest BCUT2D eigenvalue weighted by molar-refractivity contribution is 7.92. The molecule has 0 amide bonds. The lowest BCUT2D eigenvalue weighted by molar-refractivity contribution is -0.156. The van der Waals surface area contributed by atoms with Crippen molar-refractivity contribution in [3.05, 3.63) is 180 Å². The average Bonchev–Trinajstić information content (AvgIpc) is 0.799. The number of rotatable bonds is 13. The number of sulfonamides is 2. The number of nitrogens with zero attached hydrogens (tertiary/aromatic N) is 4. The highest BCUT2D eigenvalue weighted by Crippen LogP contribution is 2.23. The van der Waals surface area contributed by atoms with E-state index in [0.29, 0.717) is 44.9 Å². The topological polar surface area (TPSA) is 426 Å². The number of aromatic amines is 2. The number of aryl methyl sites for hydroxylation is 2. The lowest BCUT2D eigenvalue weighted by Gasteiger charge is -2.22. The number of carboxylic acid groups (broad SMARTS) is 2. The van der Waals surface area contributed by atoms with Crippen molar-refractivity contribution in [2.45, 2.75) is 251 Å². The second kappa shape index (κ2) is 37.4. The Bertz CT molecular complexity index is 4830. The first-order valence-electron chi connectivity index (χ1n) is 32.8. The second-order valence-corrected chi connectivity index (χ2v) is 32.1. The van der Waals surface area contributed by atoms with Crippen molar-refractivity contribution in [2.75, 3.05) is 27.7 Å². The fraction of sp³-hybridized carbons (Fsp3) is 0.527. The molecule has 0 aliphatic heterocycles. The Kier molecular flexibility index (Phi) is 33.9. The van der Waals surface area contributed by atoms with E-state index in [9.17, 15) is 69.6 Å². The predicted molar refractivity (Wildman–Crippen MR) is 412 cm³/mol. The van der Waals surface area contributed by atoms with E-state index in [2.05, 4.69) is 19.4 Å². The van der Waals surface area contributed by atoms with Crippen molar-refractivity contribution in [3.63, 3.8) is 0 Å². The van der Waals surface area contributed by atoms with E-state index in [1.54, 1.807) is 125 Å². The molecule has 0 bridgehead atoms. The zero-order chi connectivity index (χ0) is 81.8. The van der Waals surface area contributed by atoms with Gasteiger partial charge >= 0.3 is 29.8 Å². The fourth-order valence-electron chi connectivity index (χ4n) is 9.95. The van der Waals surface area contributed by atoms with Gasteiger partial charge in [0.15, 0.2) is 0 Å². The summed E-state index contributed by atoms with van der Waals surface area (Å²) in [5, 5.41) is 17.5. The van der Waals surface area contributed by atoms with E-state index in [-0.39, 0.29) is 72.3 Å². The number of carbonyl (C=O) groups excluding carboxylic acids is 3. The predicted octanol–water partition coefficient (Wildman–Crippen LogP) is 9.08. The molecule has 6 aromatic rings. The molecule has 0 saturated carbocycles. The molecule has 6 aromatic heterocycles. The maximum absolute atomic E-state index is 12.6. The number of hydrogen-bond donors (Lipinski definition) is 7. The summed E-state index contributed by atoms with van der Waals surface area (Å²) in [6, 6.07) is 0. The standard InChI is InChI=1S/C15H24N2O5S.C15H23NO3.C14H22N2O3.C11H16N2O5S.C9H11NO3.C9H13NO.CH4/c1-9-10(2)13(16-23(7,20)21)14(19)17(11(9)3)8-12(18)22-15(4,5)6;1-9-10(2)12(4)16(14(18)11(9)3)8-13(17)19-15(5,6)7;1-8-9(2)12(15)13(18)16(10(8)3)7-11(17)19-14(4,5)6;1-6-7(2)10(12-19(4,17)18)11(16)13(8(6)3)5-9(14)15;1-4-5(2)7(9(12)13)8(11)10-6(4)3;1-5-6(2)8(4)10-9(11)7(5)3;/h16H,8H2,1-7H3;8H2,1-7H3;7,15H2,1-6H3;12H,5H2,1-4H3,(H,14,15);1-3H3,(H,10,11)(H,12,13);1-4H3,(H,10,11);1H4. The summed E-state index contributed by atoms with van der Waals surface area (Å²) in [4.78, 5) is 134. The molecule has 6 heterocycles. The first-order valence-corrected chi connectivity index (χ1v) is 36.6. The van der Waals surface area contributed by atoms with Gasteiger partial charge in [0.25, 0.3) is 33.4 Å². The molecule has 0 saturated heterocycles. The second-order valence-electron chi connectivity index (χ2n) is 28.6. The van der Waals surface area contributed by atoms with Crippen LogP contribution in [0, 0.1) is 138 Å². The number of aliphatic carboxylic acids is 1. The van der Waals surface area contributed by atoms with Crippen molar-refractivity contribution < 1.29 is 65.2 Å². The molecule has 0 aliphatic rings. The number of H-pyrrole nitrogens is 2. The number of nitrogens with two attached hydrogens (primary N) is 1. The van der Waals surface area contributed by atoms with Gasteiger partial charge in [0.1, 0.15) is 65.6 Å². The Labute approximate surface area is 616 Å². The van der Waals surface area contributed by atoms with Crippen LogP contribution in [0.5, 0.6) is 0 Å². The monoisotopic (exact) mass is 1510 g/mol. The van der Waals surface area contributed by atoms with E-state index in [1.807, 2.05) is 76.2 Å². The number of ether oxygens (including phenoxy) is 3. The number of nitrogen functional groups attached to an aromatic ring is 1. The van der Waals surface area contributed by atoms with Crippen LogP contribution in [-0.4, -0.2) is 114 Å². The van der Waals surface area contributed by atoms with Gasteiger partial charge in [0.05, 0.1) is 12.5 Å². The van der Waals surface area contributed by atoms with E-state index < -0.39 is 83.9 Å². The smallest absolute Gasteiger partial charge is 0.341 e. The third-order valence-electron chi connectivity index (χ3n) is 17.3. The van der Waals surface area contributed by atoms with E-state index >= 15 is 0 Å². The minimum Gasteiger partial charge on any atom is -0.480 e. The molecule has 0 spiro atoms. The van der Waals surface area contributed by atoms with Crippen molar-refractivity contribution in [2.24, 2.45) is 0 Å². The summed E-state index contributed by atoms with van der Waals surface area (Å²) in [5.41, 5.74) is 17.3. The van der Waals surface area contributed by atoms with Crippen LogP contribution in [0.4, 0.5) is 17.1 Å². The van der Waals surface area contributed by atoms with Crippen LogP contribution in [-0.2, 0) is 79.6 Å². The maximum atomic E-state index is 12.6. The number of nitrogens with one attached hydrogen (secondary N) is 4. The Balaban J connectivity index is 0.00000125. The molecule has 0 radical (unpaired) electrons. The summed E-state index contributed by atoms with van der Waals surface area (Å²) in [5.74, 6) is -3.74. The van der Waals surface area contributed by atoms with Crippen LogP contribution in [0.3, 0.4) is 0 Å². The third kappa shape index (κ3) is 27.4. The average molecular weight is 1510 g/mol. The summed E-state index contributed by atoms with van der Waals surface area (Å²) in [6.45, 7) is 51.1. The minimum absolute atomic E-state index is 0. The van der Waals surface area contributed by atoms with Gasteiger partial charge in [-0.25, -0.2) is 21.6 Å². The summed E-state index contributed by atoms with van der Waals surface area (Å²) in [6.07, 6.45) is 1.90. The molecule has 29 nitrogen and oxygen atoms in total. The normalized spacial score (nSPS) is 11.2. The number of aromatic nitrogens is 6. The number of hydrogen-bond acceptors (Lipinski definition) is 19. The van der Waals surface area contributed by atoms with Gasteiger partial charge in [0.2, 0.25) is 20.0 Å². The number of carbonyl (C=O) groups is 5. The van der Waals surface area contributed by atoms with Gasteiger partial charge in [-0.3, -0.25) is 71.1 Å². The Morgan fingerprint density at radius 2 is 0.657 bits per heavy atom. The van der Waals surface area contributed by atoms with Crippen LogP contribution in [0.15, 0.2) is 28.8 Å². The number of pyridine rings is 6. The number of esters is 3. The Morgan fingerprint density at radius 3 is 0.971 bits per heavy atom. The lowest BCUT2D eigenvalue weighted by Crippen LogP contribution is -2.34. The number of anilines is 3. The first kappa shape index (κ1) is 95.3. The van der Waals surface area contributed by atoms with E-state index in [0.717, 1.165) is 78.7 Å². The van der Waals surface area contributed by atoms with Crippen LogP contribution in [0.25, 0.3) is 0 Å². The van der Waals surface area contributed by atoms with Gasteiger partial charge < -0.3 is 44.7 Å².